The Hall–Kier alpha value is -4.32. The van der Waals surface area contributed by atoms with E-state index in [1.165, 1.54) is 0 Å². The van der Waals surface area contributed by atoms with Crippen molar-refractivity contribution in [3.8, 4) is 23.0 Å². The minimum atomic E-state index is -0.776. The Bertz CT molecular complexity index is 1580. The topological polar surface area (TPSA) is 150 Å². The van der Waals surface area contributed by atoms with Gasteiger partial charge in [0.25, 0.3) is 0 Å². The molecule has 5 rings (SSSR count). The van der Waals surface area contributed by atoms with E-state index in [1.807, 2.05) is 48.2 Å². The number of carboxylic acids is 1. The minimum absolute atomic E-state index is 0.0418. The number of likely N-dealkylation sites (tertiary alicyclic amines) is 1. The highest BCUT2D eigenvalue weighted by atomic mass is 16.5. The Morgan fingerprint density at radius 2 is 1.47 bits per heavy atom. The highest BCUT2D eigenvalue weighted by molar-refractivity contribution is 5.86. The number of esters is 1. The van der Waals surface area contributed by atoms with Gasteiger partial charge in [-0.1, -0.05) is 18.9 Å². The van der Waals surface area contributed by atoms with Crippen molar-refractivity contribution in [2.75, 3.05) is 48.1 Å². The van der Waals surface area contributed by atoms with Gasteiger partial charge in [-0.2, -0.15) is 0 Å². The zero-order chi connectivity index (χ0) is 38.6. The van der Waals surface area contributed by atoms with E-state index in [0.29, 0.717) is 70.0 Å². The third-order valence-electron chi connectivity index (χ3n) is 11.4. The number of carbonyl (C=O) groups is 4. The lowest BCUT2D eigenvalue weighted by Gasteiger charge is -2.38. The lowest BCUT2D eigenvalue weighted by Crippen LogP contribution is -2.41. The average molecular weight is 739 g/mol. The average Bonchev–Trinajstić information content (AvgIpc) is 3.46. The predicted molar refractivity (Wildman–Crippen MR) is 199 cm³/mol. The van der Waals surface area contributed by atoms with Crippen LogP contribution in [0.1, 0.15) is 89.2 Å². The summed E-state index contributed by atoms with van der Waals surface area (Å²) < 4.78 is 26.7. The van der Waals surface area contributed by atoms with Crippen molar-refractivity contribution < 1.29 is 48.0 Å². The number of aliphatic carboxylic acids is 1. The third kappa shape index (κ3) is 10.2. The van der Waals surface area contributed by atoms with Gasteiger partial charge in [0.15, 0.2) is 0 Å². The molecule has 1 saturated heterocycles. The quantitative estimate of drug-likeness (QED) is 0.159. The molecule has 1 heterocycles. The summed E-state index contributed by atoms with van der Waals surface area (Å²) in [6.07, 6.45) is 7.28. The van der Waals surface area contributed by atoms with Gasteiger partial charge in [0.05, 0.1) is 51.8 Å². The molecule has 3 fully saturated rings. The Kier molecular flexibility index (Phi) is 15.0. The van der Waals surface area contributed by atoms with E-state index in [2.05, 4.69) is 5.32 Å². The first-order valence-electron chi connectivity index (χ1n) is 18.8. The Balaban J connectivity index is 0.000000238. The molecule has 2 aliphatic carbocycles. The first-order valence-corrected chi connectivity index (χ1v) is 18.8. The SMILES string of the molecule is CCOC(=O)[C@]1(CCNCc2ccc(OC)cc2OC)CCC[C@@H](C(C)=O)C1.COc1ccc(CN2CC[C@]3(CCC[C@H](C(=O)O)C3)C2=O)c(OC)c1. The van der Waals surface area contributed by atoms with Gasteiger partial charge < -0.3 is 39.0 Å². The van der Waals surface area contributed by atoms with Crippen LogP contribution in [0.2, 0.25) is 0 Å². The first-order chi connectivity index (χ1) is 25.4. The second-order valence-electron chi connectivity index (χ2n) is 14.6. The zero-order valence-electron chi connectivity index (χ0n) is 32.3. The summed E-state index contributed by atoms with van der Waals surface area (Å²) in [5.41, 5.74) is 0.904. The minimum Gasteiger partial charge on any atom is -0.497 e. The number of nitrogens with zero attached hydrogens (tertiary/aromatic N) is 1. The van der Waals surface area contributed by atoms with Gasteiger partial charge in [-0.25, -0.2) is 0 Å². The van der Waals surface area contributed by atoms with E-state index in [-0.39, 0.29) is 23.6 Å². The summed E-state index contributed by atoms with van der Waals surface area (Å²) in [5, 5.41) is 12.7. The van der Waals surface area contributed by atoms with Crippen LogP contribution in [0.15, 0.2) is 36.4 Å². The van der Waals surface area contributed by atoms with Crippen LogP contribution in [0.5, 0.6) is 23.0 Å². The molecule has 0 radical (unpaired) electrons. The van der Waals surface area contributed by atoms with Crippen LogP contribution in [0, 0.1) is 22.7 Å². The van der Waals surface area contributed by atoms with E-state index in [1.54, 1.807) is 35.4 Å². The zero-order valence-corrected chi connectivity index (χ0v) is 32.3. The maximum atomic E-state index is 13.0. The third-order valence-corrected chi connectivity index (χ3v) is 11.4. The van der Waals surface area contributed by atoms with Gasteiger partial charge >= 0.3 is 11.9 Å². The molecule has 1 amide bonds. The number of hydrogen-bond donors (Lipinski definition) is 2. The van der Waals surface area contributed by atoms with Gasteiger partial charge in [0, 0.05) is 48.8 Å². The summed E-state index contributed by atoms with van der Waals surface area (Å²) in [5.74, 6) is 1.81. The number of amides is 1. The highest BCUT2D eigenvalue weighted by Crippen LogP contribution is 2.48. The Labute approximate surface area is 313 Å². The number of Topliss-reactive ketones (excluding diaryl/α,β-unsaturated/α-hetero) is 1. The van der Waals surface area contributed by atoms with E-state index in [0.717, 1.165) is 61.2 Å². The molecule has 53 heavy (non-hydrogen) atoms. The van der Waals surface area contributed by atoms with E-state index in [9.17, 15) is 24.3 Å². The number of ketones is 1. The molecule has 0 unspecified atom stereocenters. The summed E-state index contributed by atoms with van der Waals surface area (Å²) >= 11 is 0. The summed E-state index contributed by atoms with van der Waals surface area (Å²) in [6.45, 7) is 6.25. The van der Waals surface area contributed by atoms with Gasteiger partial charge in [-0.15, -0.1) is 0 Å². The summed E-state index contributed by atoms with van der Waals surface area (Å²) in [7, 11) is 6.46. The van der Waals surface area contributed by atoms with Crippen LogP contribution in [0.3, 0.4) is 0 Å². The Morgan fingerprint density at radius 1 is 0.849 bits per heavy atom. The van der Waals surface area contributed by atoms with Crippen molar-refractivity contribution in [2.45, 2.75) is 91.1 Å². The number of nitrogens with one attached hydrogen (secondary N) is 1. The molecule has 2 saturated carbocycles. The lowest BCUT2D eigenvalue weighted by molar-refractivity contribution is -0.159. The van der Waals surface area contributed by atoms with Gasteiger partial charge in [-0.3, -0.25) is 19.2 Å². The normalized spacial score (nSPS) is 23.8. The molecular formula is C41H58N2O10. The molecule has 4 atom stereocenters. The van der Waals surface area contributed by atoms with Crippen LogP contribution in [-0.4, -0.2) is 81.8 Å². The van der Waals surface area contributed by atoms with Crippen molar-refractivity contribution in [2.24, 2.45) is 22.7 Å². The fraction of sp³-hybridized carbons (Fsp3) is 0.610. The largest absolute Gasteiger partial charge is 0.497 e. The number of carbonyl (C=O) groups excluding carboxylic acids is 3. The second kappa shape index (κ2) is 19.1. The standard InChI is InChI=1S/C22H33NO5.C19H25NO5/c1-5-28-21(25)22(10-6-7-17(14-22)16(2)24)11-12-23-15-18-8-9-19(26-3)13-20(18)27-4;1-24-15-6-5-14(16(10-15)25-2)12-20-9-8-19(18(20)23)7-3-4-13(11-19)17(21)22/h8-9,13,17,23H,5-7,10-12,14-15H2,1-4H3;5-6,10,13H,3-4,7-9,11-12H2,1-2H3,(H,21,22)/t17-,22+;13-,19-/m10/s1. The number of benzene rings is 2. The van der Waals surface area contributed by atoms with Crippen molar-refractivity contribution in [3.63, 3.8) is 0 Å². The maximum absolute atomic E-state index is 13.0. The lowest BCUT2D eigenvalue weighted by atomic mass is 9.67. The van der Waals surface area contributed by atoms with Gasteiger partial charge in [0.2, 0.25) is 5.91 Å². The number of methoxy groups -OCH3 is 4. The molecule has 12 nitrogen and oxygen atoms in total. The van der Waals surface area contributed by atoms with Crippen molar-refractivity contribution in [3.05, 3.63) is 47.5 Å². The molecule has 3 aliphatic rings. The van der Waals surface area contributed by atoms with Crippen LogP contribution >= 0.6 is 0 Å². The Morgan fingerprint density at radius 3 is 2.08 bits per heavy atom. The van der Waals surface area contributed by atoms with Crippen LogP contribution in [-0.2, 0) is 37.0 Å². The monoisotopic (exact) mass is 738 g/mol. The number of rotatable bonds is 15. The first kappa shape index (κ1) is 41.4. The molecule has 0 bridgehead atoms. The predicted octanol–water partition coefficient (Wildman–Crippen LogP) is 6.21. The van der Waals surface area contributed by atoms with Gasteiger partial charge in [-0.05, 0) is 90.0 Å². The molecule has 1 spiro atoms. The summed E-state index contributed by atoms with van der Waals surface area (Å²) in [6, 6.07) is 11.3. The fourth-order valence-corrected chi connectivity index (χ4v) is 8.28. The number of ether oxygens (including phenoxy) is 5. The second-order valence-corrected chi connectivity index (χ2v) is 14.6. The molecule has 12 heteroatoms. The molecule has 0 aromatic heterocycles. The van der Waals surface area contributed by atoms with Crippen molar-refractivity contribution in [1.82, 2.24) is 10.2 Å². The maximum Gasteiger partial charge on any atom is 0.312 e. The van der Waals surface area contributed by atoms with Crippen molar-refractivity contribution in [1.29, 1.82) is 0 Å². The van der Waals surface area contributed by atoms with Crippen LogP contribution in [0.25, 0.3) is 0 Å². The smallest absolute Gasteiger partial charge is 0.312 e. The van der Waals surface area contributed by atoms with E-state index >= 15 is 0 Å². The highest BCUT2D eigenvalue weighted by Gasteiger charge is 2.50. The van der Waals surface area contributed by atoms with Crippen LogP contribution < -0.4 is 24.3 Å². The van der Waals surface area contributed by atoms with E-state index < -0.39 is 22.7 Å². The molecule has 2 N–H and O–H groups in total. The number of carboxylic acid groups (broad SMARTS) is 1. The molecule has 292 valence electrons. The fourth-order valence-electron chi connectivity index (χ4n) is 8.28. The van der Waals surface area contributed by atoms with Crippen molar-refractivity contribution >= 4 is 23.6 Å². The van der Waals surface area contributed by atoms with Crippen LogP contribution in [0.4, 0.5) is 0 Å². The molecule has 2 aromatic rings. The molecule has 2 aromatic carbocycles. The molecular weight excluding hydrogens is 680 g/mol. The van der Waals surface area contributed by atoms with Gasteiger partial charge in [0.1, 0.15) is 28.8 Å². The van der Waals surface area contributed by atoms with E-state index in [4.69, 9.17) is 23.7 Å². The number of hydrogen-bond acceptors (Lipinski definition) is 10. The summed E-state index contributed by atoms with van der Waals surface area (Å²) in [4.78, 5) is 50.9. The molecule has 1 aliphatic heterocycles.